The highest BCUT2D eigenvalue weighted by atomic mass is 16.5. The van der Waals surface area contributed by atoms with Crippen LogP contribution in [-0.4, -0.2) is 32.8 Å². The quantitative estimate of drug-likeness (QED) is 0.734. The first-order chi connectivity index (χ1) is 9.13. The van der Waals surface area contributed by atoms with Gasteiger partial charge in [0.2, 0.25) is 5.91 Å². The molecule has 0 aromatic heterocycles. The summed E-state index contributed by atoms with van der Waals surface area (Å²) in [6.07, 6.45) is 0.388. The number of methoxy groups -OCH3 is 1. The van der Waals surface area contributed by atoms with Crippen molar-refractivity contribution < 1.29 is 14.3 Å². The second kappa shape index (κ2) is 8.53. The van der Waals surface area contributed by atoms with Crippen molar-refractivity contribution in [3.63, 3.8) is 0 Å². The van der Waals surface area contributed by atoms with E-state index in [4.69, 9.17) is 9.47 Å². The van der Waals surface area contributed by atoms with E-state index in [9.17, 15) is 4.79 Å². The van der Waals surface area contributed by atoms with Crippen LogP contribution in [0.3, 0.4) is 0 Å². The van der Waals surface area contributed by atoms with E-state index < -0.39 is 0 Å². The highest BCUT2D eigenvalue weighted by molar-refractivity contribution is 5.75. The molecule has 1 amide bonds. The second-order valence-electron chi connectivity index (χ2n) is 4.66. The Bertz CT molecular complexity index is 373. The molecule has 4 nitrogen and oxygen atoms in total. The second-order valence-corrected chi connectivity index (χ2v) is 4.66. The van der Waals surface area contributed by atoms with Gasteiger partial charge < -0.3 is 14.8 Å². The Labute approximate surface area is 115 Å². The van der Waals surface area contributed by atoms with Gasteiger partial charge in [0.15, 0.2) is 0 Å². The molecule has 0 saturated carbocycles. The minimum atomic E-state index is -0.0133. The van der Waals surface area contributed by atoms with Crippen LogP contribution in [0, 0.1) is 0 Å². The summed E-state index contributed by atoms with van der Waals surface area (Å²) in [5.74, 6) is 1.34. The van der Waals surface area contributed by atoms with Crippen LogP contribution >= 0.6 is 0 Å². The zero-order chi connectivity index (χ0) is 14.1. The molecule has 4 heteroatoms. The minimum Gasteiger partial charge on any atom is -0.492 e. The van der Waals surface area contributed by atoms with Crippen LogP contribution in [0.2, 0.25) is 0 Å². The maximum atomic E-state index is 11.3. The highest BCUT2D eigenvalue weighted by Gasteiger charge is 2.01. The van der Waals surface area contributed by atoms with Crippen molar-refractivity contribution in [3.8, 4) is 5.75 Å². The molecule has 0 aliphatic carbocycles. The molecule has 0 spiro atoms. The molecule has 1 N–H and O–H groups in total. The van der Waals surface area contributed by atoms with Gasteiger partial charge in [0.1, 0.15) is 12.4 Å². The van der Waals surface area contributed by atoms with Crippen molar-refractivity contribution in [1.29, 1.82) is 0 Å². The van der Waals surface area contributed by atoms with Crippen LogP contribution in [0.5, 0.6) is 5.75 Å². The van der Waals surface area contributed by atoms with Crippen molar-refractivity contribution >= 4 is 5.91 Å². The van der Waals surface area contributed by atoms with Crippen LogP contribution in [0.1, 0.15) is 31.7 Å². The zero-order valence-corrected chi connectivity index (χ0v) is 11.9. The molecular weight excluding hydrogens is 242 g/mol. The highest BCUT2D eigenvalue weighted by Crippen LogP contribution is 2.18. The molecular formula is C15H23NO3. The van der Waals surface area contributed by atoms with Crippen LogP contribution in [0.25, 0.3) is 0 Å². The van der Waals surface area contributed by atoms with Gasteiger partial charge in [-0.05, 0) is 23.6 Å². The van der Waals surface area contributed by atoms with Gasteiger partial charge in [0.05, 0.1) is 13.2 Å². The van der Waals surface area contributed by atoms with Crippen molar-refractivity contribution in [2.45, 2.75) is 26.2 Å². The predicted octanol–water partition coefficient (Wildman–Crippen LogP) is 2.34. The van der Waals surface area contributed by atoms with Crippen LogP contribution in [0.4, 0.5) is 0 Å². The number of carbonyl (C=O) groups excluding carboxylic acids is 1. The molecule has 1 aromatic carbocycles. The lowest BCUT2D eigenvalue weighted by Crippen LogP contribution is -2.28. The van der Waals surface area contributed by atoms with Crippen molar-refractivity contribution in [1.82, 2.24) is 5.32 Å². The van der Waals surface area contributed by atoms with E-state index in [0.717, 1.165) is 5.75 Å². The van der Waals surface area contributed by atoms with E-state index in [1.54, 1.807) is 7.11 Å². The first-order valence-electron chi connectivity index (χ1n) is 6.62. The first-order valence-corrected chi connectivity index (χ1v) is 6.62. The topological polar surface area (TPSA) is 47.6 Å². The molecule has 0 atom stereocenters. The third-order valence-corrected chi connectivity index (χ3v) is 2.77. The summed E-state index contributed by atoms with van der Waals surface area (Å²) in [6, 6.07) is 8.05. The van der Waals surface area contributed by atoms with E-state index in [1.807, 2.05) is 12.1 Å². The standard InChI is InChI=1S/C15H23NO3/c1-12(2)13-4-6-14(7-5-13)19-11-9-16-15(17)8-10-18-3/h4-7,12H,8-11H2,1-3H3,(H,16,17). The summed E-state index contributed by atoms with van der Waals surface area (Å²) in [5.41, 5.74) is 1.29. The smallest absolute Gasteiger partial charge is 0.222 e. The number of hydrogen-bond acceptors (Lipinski definition) is 3. The van der Waals surface area contributed by atoms with Gasteiger partial charge in [-0.2, -0.15) is 0 Å². The fourth-order valence-electron chi connectivity index (χ4n) is 1.59. The molecule has 0 unspecified atom stereocenters. The minimum absolute atomic E-state index is 0.0133. The Hall–Kier alpha value is -1.55. The largest absolute Gasteiger partial charge is 0.492 e. The van der Waals surface area contributed by atoms with Gasteiger partial charge in [-0.3, -0.25) is 4.79 Å². The Morgan fingerprint density at radius 2 is 1.89 bits per heavy atom. The first kappa shape index (κ1) is 15.5. The molecule has 1 rings (SSSR count). The average molecular weight is 265 g/mol. The van der Waals surface area contributed by atoms with Gasteiger partial charge in [0.25, 0.3) is 0 Å². The lowest BCUT2D eigenvalue weighted by Gasteiger charge is -2.09. The Morgan fingerprint density at radius 3 is 2.47 bits per heavy atom. The molecule has 19 heavy (non-hydrogen) atoms. The molecule has 0 radical (unpaired) electrons. The van der Waals surface area contributed by atoms with E-state index in [2.05, 4.69) is 31.3 Å². The number of nitrogens with one attached hydrogen (secondary N) is 1. The Morgan fingerprint density at radius 1 is 1.21 bits per heavy atom. The summed E-state index contributed by atoms with van der Waals surface area (Å²) in [7, 11) is 1.58. The number of benzene rings is 1. The lowest BCUT2D eigenvalue weighted by atomic mass is 10.0. The van der Waals surface area contributed by atoms with Crippen molar-refractivity contribution in [2.75, 3.05) is 26.9 Å². The van der Waals surface area contributed by atoms with Gasteiger partial charge in [-0.25, -0.2) is 0 Å². The van der Waals surface area contributed by atoms with E-state index in [1.165, 1.54) is 5.56 Å². The van der Waals surface area contributed by atoms with Gasteiger partial charge in [-0.1, -0.05) is 26.0 Å². The fourth-order valence-corrected chi connectivity index (χ4v) is 1.59. The Kier molecular flexibility index (Phi) is 6.97. The molecule has 0 aliphatic rings. The molecule has 0 fully saturated rings. The van der Waals surface area contributed by atoms with E-state index in [0.29, 0.717) is 32.1 Å². The SMILES string of the molecule is COCCC(=O)NCCOc1ccc(C(C)C)cc1. The molecule has 106 valence electrons. The molecule has 0 heterocycles. The zero-order valence-electron chi connectivity index (χ0n) is 11.9. The van der Waals surface area contributed by atoms with Gasteiger partial charge >= 0.3 is 0 Å². The van der Waals surface area contributed by atoms with E-state index in [-0.39, 0.29) is 5.91 Å². The van der Waals surface area contributed by atoms with Gasteiger partial charge in [-0.15, -0.1) is 0 Å². The summed E-state index contributed by atoms with van der Waals surface area (Å²) < 4.78 is 10.4. The summed E-state index contributed by atoms with van der Waals surface area (Å²) >= 11 is 0. The monoisotopic (exact) mass is 265 g/mol. The van der Waals surface area contributed by atoms with Crippen LogP contribution in [0.15, 0.2) is 24.3 Å². The molecule has 0 bridgehead atoms. The molecule has 0 saturated heterocycles. The van der Waals surface area contributed by atoms with E-state index >= 15 is 0 Å². The summed E-state index contributed by atoms with van der Waals surface area (Å²) in [4.78, 5) is 11.3. The number of ether oxygens (including phenoxy) is 2. The maximum Gasteiger partial charge on any atom is 0.222 e. The van der Waals surface area contributed by atoms with Crippen LogP contribution in [-0.2, 0) is 9.53 Å². The third kappa shape index (κ3) is 6.25. The summed E-state index contributed by atoms with van der Waals surface area (Å²) in [6.45, 7) is 5.74. The number of hydrogen-bond donors (Lipinski definition) is 1. The molecule has 1 aromatic rings. The lowest BCUT2D eigenvalue weighted by molar-refractivity contribution is -0.122. The van der Waals surface area contributed by atoms with Crippen molar-refractivity contribution in [2.24, 2.45) is 0 Å². The normalized spacial score (nSPS) is 10.5. The number of amides is 1. The maximum absolute atomic E-state index is 11.3. The Balaban J connectivity index is 2.20. The predicted molar refractivity (Wildman–Crippen MR) is 75.5 cm³/mol. The summed E-state index contributed by atoms with van der Waals surface area (Å²) in [5, 5.41) is 2.77. The van der Waals surface area contributed by atoms with Crippen molar-refractivity contribution in [3.05, 3.63) is 29.8 Å². The van der Waals surface area contributed by atoms with Gasteiger partial charge in [0, 0.05) is 13.5 Å². The number of rotatable bonds is 8. The molecule has 0 aliphatic heterocycles. The fraction of sp³-hybridized carbons (Fsp3) is 0.533. The third-order valence-electron chi connectivity index (χ3n) is 2.77. The van der Waals surface area contributed by atoms with Crippen LogP contribution < -0.4 is 10.1 Å². The average Bonchev–Trinajstić information content (AvgIpc) is 2.41. The number of carbonyl (C=O) groups is 1.